The van der Waals surface area contributed by atoms with Crippen LogP contribution in [0.5, 0.6) is 0 Å². The van der Waals surface area contributed by atoms with E-state index in [2.05, 4.69) is 0 Å². The summed E-state index contributed by atoms with van der Waals surface area (Å²) in [5.74, 6) is -2.34. The number of hydrogen-bond acceptors (Lipinski definition) is 3. The van der Waals surface area contributed by atoms with Gasteiger partial charge in [-0.25, -0.2) is 4.79 Å². The summed E-state index contributed by atoms with van der Waals surface area (Å²) in [6.45, 7) is 1.84. The van der Waals surface area contributed by atoms with Crippen molar-refractivity contribution in [3.8, 4) is 0 Å². The van der Waals surface area contributed by atoms with E-state index < -0.39 is 18.1 Å². The molecule has 0 atom stereocenters. The fourth-order valence-electron chi connectivity index (χ4n) is 3.33. The van der Waals surface area contributed by atoms with E-state index in [1.165, 1.54) is 6.08 Å². The van der Waals surface area contributed by atoms with Crippen molar-refractivity contribution in [3.05, 3.63) is 76.9 Å². The van der Waals surface area contributed by atoms with Crippen LogP contribution in [0.25, 0.3) is 5.57 Å². The molecule has 7 heteroatoms. The van der Waals surface area contributed by atoms with Gasteiger partial charge in [0.15, 0.2) is 0 Å². The maximum atomic E-state index is 12.8. The highest BCUT2D eigenvalue weighted by Crippen LogP contribution is 2.29. The number of carbonyl (C=O) groups excluding carboxylic acids is 2. The van der Waals surface area contributed by atoms with Crippen LogP contribution in [0.15, 0.2) is 54.6 Å². The van der Waals surface area contributed by atoms with Crippen LogP contribution >= 0.6 is 0 Å². The molecular weight excluding hydrogens is 383 g/mol. The standard InChI is InChI=1S/C22H20F3NO3/c1-2-29-20(27)13-19(16-6-4-3-5-7-16)17-9-8-15-10-11-26(14-18(15)12-17)21(28)22(23,24)25/h3-9,12-13H,2,10-11,14H2,1H3. The van der Waals surface area contributed by atoms with Crippen molar-refractivity contribution >= 4 is 17.4 Å². The maximum Gasteiger partial charge on any atom is 0.471 e. The molecule has 0 aliphatic carbocycles. The summed E-state index contributed by atoms with van der Waals surface area (Å²) in [6, 6.07) is 14.6. The molecule has 1 aliphatic heterocycles. The molecule has 0 unspecified atom stereocenters. The minimum absolute atomic E-state index is 0.0227. The summed E-state index contributed by atoms with van der Waals surface area (Å²) >= 11 is 0. The molecule has 1 heterocycles. The molecule has 0 saturated heterocycles. The van der Waals surface area contributed by atoms with Crippen molar-refractivity contribution in [3.63, 3.8) is 0 Å². The van der Waals surface area contributed by atoms with Crippen molar-refractivity contribution < 1.29 is 27.5 Å². The van der Waals surface area contributed by atoms with Gasteiger partial charge in [0.05, 0.1) is 6.61 Å². The van der Waals surface area contributed by atoms with E-state index in [-0.39, 0.29) is 19.7 Å². The van der Waals surface area contributed by atoms with Gasteiger partial charge < -0.3 is 9.64 Å². The van der Waals surface area contributed by atoms with Crippen LogP contribution in [-0.2, 0) is 27.3 Å². The van der Waals surface area contributed by atoms with Crippen LogP contribution in [0, 0.1) is 0 Å². The Kier molecular flexibility index (Phi) is 6.06. The largest absolute Gasteiger partial charge is 0.471 e. The highest BCUT2D eigenvalue weighted by atomic mass is 19.4. The van der Waals surface area contributed by atoms with Crippen LogP contribution < -0.4 is 0 Å². The number of hydrogen-bond donors (Lipinski definition) is 0. The normalized spacial score (nSPS) is 14.3. The van der Waals surface area contributed by atoms with E-state index in [1.807, 2.05) is 42.5 Å². The van der Waals surface area contributed by atoms with E-state index in [1.54, 1.807) is 13.0 Å². The fraction of sp³-hybridized carbons (Fsp3) is 0.273. The average molecular weight is 403 g/mol. The SMILES string of the molecule is CCOC(=O)C=C(c1ccccc1)c1ccc2c(c1)CN(C(=O)C(F)(F)F)CC2. The number of nitrogens with zero attached hydrogens (tertiary/aromatic N) is 1. The quantitative estimate of drug-likeness (QED) is 0.570. The molecule has 0 N–H and O–H groups in total. The summed E-state index contributed by atoms with van der Waals surface area (Å²) in [7, 11) is 0. The van der Waals surface area contributed by atoms with Gasteiger partial charge in [-0.05, 0) is 47.2 Å². The molecule has 0 spiro atoms. The van der Waals surface area contributed by atoms with Crippen molar-refractivity contribution in [1.29, 1.82) is 0 Å². The van der Waals surface area contributed by atoms with Crippen LogP contribution in [0.1, 0.15) is 29.2 Å². The zero-order valence-electron chi connectivity index (χ0n) is 15.8. The summed E-state index contributed by atoms with van der Waals surface area (Å²) < 4.78 is 43.4. The first-order valence-electron chi connectivity index (χ1n) is 9.21. The molecule has 0 saturated carbocycles. The van der Waals surface area contributed by atoms with E-state index in [9.17, 15) is 22.8 Å². The van der Waals surface area contributed by atoms with Crippen LogP contribution in [-0.4, -0.2) is 36.1 Å². The molecule has 152 valence electrons. The van der Waals surface area contributed by atoms with Gasteiger partial charge in [-0.3, -0.25) is 4.79 Å². The molecule has 0 bridgehead atoms. The Bertz CT molecular complexity index is 936. The Morgan fingerprint density at radius 3 is 2.45 bits per heavy atom. The summed E-state index contributed by atoms with van der Waals surface area (Å²) in [6.07, 6.45) is -3.17. The monoisotopic (exact) mass is 403 g/mol. The molecular formula is C22H20F3NO3. The van der Waals surface area contributed by atoms with Gasteiger partial charge in [0.25, 0.3) is 0 Å². The Balaban J connectivity index is 1.97. The molecule has 1 amide bonds. The van der Waals surface area contributed by atoms with E-state index in [0.717, 1.165) is 16.0 Å². The number of benzene rings is 2. The van der Waals surface area contributed by atoms with Gasteiger partial charge >= 0.3 is 18.1 Å². The van der Waals surface area contributed by atoms with Gasteiger partial charge in [-0.2, -0.15) is 13.2 Å². The smallest absolute Gasteiger partial charge is 0.463 e. The Morgan fingerprint density at radius 1 is 1.07 bits per heavy atom. The lowest BCUT2D eigenvalue weighted by Crippen LogP contribution is -2.43. The molecule has 1 aliphatic rings. The number of carbonyl (C=O) groups is 2. The first-order valence-corrected chi connectivity index (χ1v) is 9.21. The molecule has 4 nitrogen and oxygen atoms in total. The minimum Gasteiger partial charge on any atom is -0.463 e. The predicted octanol–water partition coefficient (Wildman–Crippen LogP) is 4.13. The number of amides is 1. The Labute approximate surface area is 166 Å². The zero-order chi connectivity index (χ0) is 21.0. The second-order valence-corrected chi connectivity index (χ2v) is 6.63. The number of esters is 1. The number of rotatable bonds is 4. The number of fused-ring (bicyclic) bond motifs is 1. The second kappa shape index (κ2) is 8.51. The summed E-state index contributed by atoms with van der Waals surface area (Å²) in [4.78, 5) is 24.5. The predicted molar refractivity (Wildman–Crippen MR) is 102 cm³/mol. The van der Waals surface area contributed by atoms with Crippen LogP contribution in [0.4, 0.5) is 13.2 Å². The third-order valence-corrected chi connectivity index (χ3v) is 4.69. The lowest BCUT2D eigenvalue weighted by atomic mass is 9.91. The lowest BCUT2D eigenvalue weighted by molar-refractivity contribution is -0.186. The molecule has 0 aromatic heterocycles. The summed E-state index contributed by atoms with van der Waals surface area (Å²) in [5, 5.41) is 0. The van der Waals surface area contributed by atoms with Gasteiger partial charge in [0.2, 0.25) is 0 Å². The molecule has 3 rings (SSSR count). The first-order chi connectivity index (χ1) is 13.8. The van der Waals surface area contributed by atoms with Gasteiger partial charge in [0, 0.05) is 19.2 Å². The van der Waals surface area contributed by atoms with Crippen LogP contribution in [0.2, 0.25) is 0 Å². The molecule has 2 aromatic rings. The number of ether oxygens (including phenoxy) is 1. The third kappa shape index (κ3) is 4.85. The van der Waals surface area contributed by atoms with Crippen molar-refractivity contribution in [1.82, 2.24) is 4.90 Å². The van der Waals surface area contributed by atoms with Gasteiger partial charge in [-0.15, -0.1) is 0 Å². The first kappa shape index (κ1) is 20.6. The van der Waals surface area contributed by atoms with E-state index in [4.69, 9.17) is 4.74 Å². The van der Waals surface area contributed by atoms with Crippen molar-refractivity contribution in [2.45, 2.75) is 26.1 Å². The minimum atomic E-state index is -4.89. The molecule has 0 radical (unpaired) electrons. The Hall–Kier alpha value is -3.09. The Morgan fingerprint density at radius 2 is 1.79 bits per heavy atom. The highest BCUT2D eigenvalue weighted by Gasteiger charge is 2.43. The van der Waals surface area contributed by atoms with E-state index in [0.29, 0.717) is 23.1 Å². The van der Waals surface area contributed by atoms with Crippen LogP contribution in [0.3, 0.4) is 0 Å². The topological polar surface area (TPSA) is 46.6 Å². The molecule has 2 aromatic carbocycles. The van der Waals surface area contributed by atoms with Crippen molar-refractivity contribution in [2.24, 2.45) is 0 Å². The second-order valence-electron chi connectivity index (χ2n) is 6.63. The number of alkyl halides is 3. The van der Waals surface area contributed by atoms with Crippen molar-refractivity contribution in [2.75, 3.05) is 13.2 Å². The lowest BCUT2D eigenvalue weighted by Gasteiger charge is -2.30. The number of halogens is 3. The van der Waals surface area contributed by atoms with Gasteiger partial charge in [-0.1, -0.05) is 42.5 Å². The summed E-state index contributed by atoms with van der Waals surface area (Å²) in [5.41, 5.74) is 3.58. The highest BCUT2D eigenvalue weighted by molar-refractivity contribution is 5.96. The average Bonchev–Trinajstić information content (AvgIpc) is 2.71. The van der Waals surface area contributed by atoms with Gasteiger partial charge in [0.1, 0.15) is 0 Å². The molecule has 29 heavy (non-hydrogen) atoms. The zero-order valence-corrected chi connectivity index (χ0v) is 15.8. The van der Waals surface area contributed by atoms with E-state index >= 15 is 0 Å². The fourth-order valence-corrected chi connectivity index (χ4v) is 3.33. The third-order valence-electron chi connectivity index (χ3n) is 4.69. The molecule has 0 fully saturated rings. The maximum absolute atomic E-state index is 12.8.